The summed E-state index contributed by atoms with van der Waals surface area (Å²) in [6, 6.07) is 6.72. The van der Waals surface area contributed by atoms with Gasteiger partial charge in [0, 0.05) is 19.9 Å². The van der Waals surface area contributed by atoms with Gasteiger partial charge in [-0.15, -0.1) is 0 Å². The van der Waals surface area contributed by atoms with Crippen molar-refractivity contribution in [2.75, 3.05) is 18.5 Å². The highest BCUT2D eigenvalue weighted by molar-refractivity contribution is 6.95. The maximum atomic E-state index is 5.98. The van der Waals surface area contributed by atoms with Gasteiger partial charge in [-0.05, 0) is 29.5 Å². The number of hydrogen-bond donors (Lipinski definition) is 0. The van der Waals surface area contributed by atoms with Crippen LogP contribution in [-0.4, -0.2) is 31.2 Å². The molecule has 0 N–H and O–H groups in total. The summed E-state index contributed by atoms with van der Waals surface area (Å²) < 4.78 is 14.5. The third-order valence-electron chi connectivity index (χ3n) is 4.40. The molecule has 0 unspecified atom stereocenters. The standard InChI is InChI=1S/C18H35NO2Si2/c1-14(2)16-12-11-13-17(15(3)4)18(16)19(22(7,8)9)23(10,20-5)21-6/h11-15H,1-10H3. The van der Waals surface area contributed by atoms with Crippen molar-refractivity contribution in [3.8, 4) is 0 Å². The minimum atomic E-state index is -2.46. The lowest BCUT2D eigenvalue weighted by Crippen LogP contribution is -2.65. The van der Waals surface area contributed by atoms with E-state index in [0.717, 1.165) is 0 Å². The predicted molar refractivity (Wildman–Crippen MR) is 106 cm³/mol. The van der Waals surface area contributed by atoms with Crippen LogP contribution >= 0.6 is 0 Å². The zero-order valence-electron chi connectivity index (χ0n) is 16.7. The molecule has 1 aromatic rings. The van der Waals surface area contributed by atoms with E-state index in [9.17, 15) is 0 Å². The Morgan fingerprint density at radius 3 is 1.48 bits per heavy atom. The minimum Gasteiger partial charge on any atom is -0.382 e. The van der Waals surface area contributed by atoms with Crippen LogP contribution in [0.15, 0.2) is 18.2 Å². The second kappa shape index (κ2) is 7.51. The van der Waals surface area contributed by atoms with Crippen molar-refractivity contribution in [1.82, 2.24) is 0 Å². The van der Waals surface area contributed by atoms with E-state index in [0.29, 0.717) is 11.8 Å². The van der Waals surface area contributed by atoms with Gasteiger partial charge in [0.15, 0.2) is 0 Å². The van der Waals surface area contributed by atoms with Crippen molar-refractivity contribution in [2.45, 2.75) is 65.7 Å². The monoisotopic (exact) mass is 353 g/mol. The Morgan fingerprint density at radius 1 is 0.826 bits per heavy atom. The third-order valence-corrected chi connectivity index (χ3v) is 11.7. The molecule has 0 saturated carbocycles. The quantitative estimate of drug-likeness (QED) is 0.610. The molecule has 0 aromatic heterocycles. The zero-order chi connectivity index (χ0) is 18.0. The van der Waals surface area contributed by atoms with Gasteiger partial charge in [-0.3, -0.25) is 0 Å². The maximum Gasteiger partial charge on any atom is 0.447 e. The molecule has 1 aromatic carbocycles. The average Bonchev–Trinajstić information content (AvgIpc) is 2.45. The summed E-state index contributed by atoms with van der Waals surface area (Å²) in [5.41, 5.74) is 4.15. The van der Waals surface area contributed by atoms with Crippen molar-refractivity contribution in [1.29, 1.82) is 0 Å². The third kappa shape index (κ3) is 4.26. The highest BCUT2D eigenvalue weighted by Crippen LogP contribution is 2.40. The van der Waals surface area contributed by atoms with Crippen molar-refractivity contribution < 1.29 is 8.85 Å². The number of hydrogen-bond acceptors (Lipinski definition) is 3. The van der Waals surface area contributed by atoms with E-state index in [-0.39, 0.29) is 0 Å². The Bertz CT molecular complexity index is 494. The summed E-state index contributed by atoms with van der Waals surface area (Å²) in [5.74, 6) is 0.934. The molecule has 0 fully saturated rings. The first-order valence-electron chi connectivity index (χ1n) is 8.53. The summed E-state index contributed by atoms with van der Waals surface area (Å²) in [6.45, 7) is 18.3. The minimum absolute atomic E-state index is 0.467. The Hall–Kier alpha value is -0.626. The highest BCUT2D eigenvalue weighted by Gasteiger charge is 2.46. The molecule has 1 rings (SSSR count). The largest absolute Gasteiger partial charge is 0.447 e. The molecule has 0 aliphatic carbocycles. The summed E-state index contributed by atoms with van der Waals surface area (Å²) >= 11 is 0. The van der Waals surface area contributed by atoms with E-state index < -0.39 is 17.0 Å². The van der Waals surface area contributed by atoms with Gasteiger partial charge in [0.1, 0.15) is 8.24 Å². The molecular formula is C18H35NO2Si2. The molecule has 0 radical (unpaired) electrons. The Morgan fingerprint density at radius 2 is 1.22 bits per heavy atom. The molecule has 0 bridgehead atoms. The van der Waals surface area contributed by atoms with Gasteiger partial charge < -0.3 is 13.1 Å². The summed E-state index contributed by atoms with van der Waals surface area (Å²) in [7, 11) is -0.602. The van der Waals surface area contributed by atoms with E-state index in [1.54, 1.807) is 14.2 Å². The lowest BCUT2D eigenvalue weighted by molar-refractivity contribution is 0.252. The zero-order valence-corrected chi connectivity index (χ0v) is 18.7. The van der Waals surface area contributed by atoms with E-state index in [2.05, 4.69) is 76.3 Å². The Labute approximate surface area is 145 Å². The van der Waals surface area contributed by atoms with Crippen molar-refractivity contribution in [3.05, 3.63) is 29.3 Å². The van der Waals surface area contributed by atoms with E-state index in [1.165, 1.54) is 16.8 Å². The summed E-state index contributed by atoms with van der Waals surface area (Å²) in [6.07, 6.45) is 0. The molecule has 0 spiro atoms. The van der Waals surface area contributed by atoms with Gasteiger partial charge in [0.05, 0.1) is 0 Å². The first kappa shape index (κ1) is 20.4. The Kier molecular flexibility index (Phi) is 6.67. The predicted octanol–water partition coefficient (Wildman–Crippen LogP) is 5.44. The molecule has 23 heavy (non-hydrogen) atoms. The molecular weight excluding hydrogens is 318 g/mol. The molecule has 0 aliphatic rings. The average molecular weight is 354 g/mol. The van der Waals surface area contributed by atoms with Crippen molar-refractivity contribution in [3.63, 3.8) is 0 Å². The lowest BCUT2D eigenvalue weighted by Gasteiger charge is -2.47. The summed E-state index contributed by atoms with van der Waals surface area (Å²) in [4.78, 5) is 0. The highest BCUT2D eigenvalue weighted by atomic mass is 28.4. The maximum absolute atomic E-state index is 5.98. The molecule has 0 heterocycles. The lowest BCUT2D eigenvalue weighted by atomic mass is 9.93. The fraction of sp³-hybridized carbons (Fsp3) is 0.667. The fourth-order valence-electron chi connectivity index (χ4n) is 3.18. The molecule has 132 valence electrons. The molecule has 3 nitrogen and oxygen atoms in total. The first-order chi connectivity index (χ1) is 10.5. The van der Waals surface area contributed by atoms with Crippen LogP contribution in [0.5, 0.6) is 0 Å². The smallest absolute Gasteiger partial charge is 0.382 e. The van der Waals surface area contributed by atoms with E-state index in [4.69, 9.17) is 8.85 Å². The van der Waals surface area contributed by atoms with Crippen LogP contribution in [-0.2, 0) is 8.85 Å². The van der Waals surface area contributed by atoms with Gasteiger partial charge in [-0.25, -0.2) is 0 Å². The number of rotatable bonds is 7. The molecule has 0 atom stereocenters. The number of para-hydroxylation sites is 1. The van der Waals surface area contributed by atoms with Crippen LogP contribution in [0.4, 0.5) is 5.69 Å². The topological polar surface area (TPSA) is 21.7 Å². The van der Waals surface area contributed by atoms with Crippen LogP contribution in [0.2, 0.25) is 26.2 Å². The van der Waals surface area contributed by atoms with Crippen LogP contribution in [0.25, 0.3) is 0 Å². The fourth-order valence-corrected chi connectivity index (χ4v) is 10.7. The molecule has 0 amide bonds. The number of nitrogens with zero attached hydrogens (tertiary/aromatic N) is 1. The molecule has 0 aliphatic heterocycles. The second-order valence-electron chi connectivity index (χ2n) is 7.91. The number of benzene rings is 1. The number of anilines is 1. The molecule has 5 heteroatoms. The van der Waals surface area contributed by atoms with Crippen LogP contribution < -0.4 is 4.23 Å². The van der Waals surface area contributed by atoms with Gasteiger partial charge >= 0.3 is 8.72 Å². The Balaban J connectivity index is 3.78. The van der Waals surface area contributed by atoms with Gasteiger partial charge in [0.25, 0.3) is 0 Å². The van der Waals surface area contributed by atoms with Crippen molar-refractivity contribution >= 4 is 22.6 Å². The van der Waals surface area contributed by atoms with Crippen LogP contribution in [0.1, 0.15) is 50.7 Å². The normalized spacial score (nSPS) is 13.0. The first-order valence-corrected chi connectivity index (χ1v) is 14.2. The second-order valence-corrected chi connectivity index (χ2v) is 16.2. The van der Waals surface area contributed by atoms with Gasteiger partial charge in [-0.2, -0.15) is 0 Å². The molecule has 0 saturated heterocycles. The van der Waals surface area contributed by atoms with Crippen LogP contribution in [0.3, 0.4) is 0 Å². The van der Waals surface area contributed by atoms with Gasteiger partial charge in [0.2, 0.25) is 0 Å². The van der Waals surface area contributed by atoms with Crippen LogP contribution in [0, 0.1) is 0 Å². The van der Waals surface area contributed by atoms with Crippen molar-refractivity contribution in [2.24, 2.45) is 0 Å². The van der Waals surface area contributed by atoms with E-state index in [1.807, 2.05) is 0 Å². The van der Waals surface area contributed by atoms with E-state index >= 15 is 0 Å². The van der Waals surface area contributed by atoms with Gasteiger partial charge in [-0.1, -0.05) is 65.5 Å². The summed E-state index contributed by atoms with van der Waals surface area (Å²) in [5, 5.41) is 0. The SMILES string of the molecule is CO[Si](C)(OC)N(c1c(C(C)C)cccc1C(C)C)[Si](C)(C)C.